The summed E-state index contributed by atoms with van der Waals surface area (Å²) in [6, 6.07) is 3.02. The van der Waals surface area contributed by atoms with Crippen LogP contribution in [0.25, 0.3) is 0 Å². The third kappa shape index (κ3) is 3.63. The summed E-state index contributed by atoms with van der Waals surface area (Å²) in [4.78, 5) is 0.131. The zero-order chi connectivity index (χ0) is 14.8. The van der Waals surface area contributed by atoms with Gasteiger partial charge in [0.15, 0.2) is 11.5 Å². The number of fused-ring (bicyclic) bond motifs is 1. The highest BCUT2D eigenvalue weighted by Crippen LogP contribution is 2.37. The average molecular weight is 365 g/mol. The van der Waals surface area contributed by atoms with E-state index in [9.17, 15) is 8.42 Å². The van der Waals surface area contributed by atoms with Crippen molar-refractivity contribution in [2.24, 2.45) is 5.73 Å². The van der Waals surface area contributed by atoms with Crippen molar-refractivity contribution in [3.8, 4) is 11.5 Å². The second kappa shape index (κ2) is 6.30. The lowest BCUT2D eigenvalue weighted by Gasteiger charge is -2.20. The molecule has 1 aromatic carbocycles. The largest absolute Gasteiger partial charge is 0.486 e. The van der Waals surface area contributed by atoms with Crippen molar-refractivity contribution in [1.82, 2.24) is 4.72 Å². The van der Waals surface area contributed by atoms with E-state index in [4.69, 9.17) is 15.2 Å². The molecule has 0 spiro atoms. The van der Waals surface area contributed by atoms with E-state index in [1.165, 1.54) is 6.07 Å². The van der Waals surface area contributed by atoms with Crippen molar-refractivity contribution in [2.75, 3.05) is 19.8 Å². The van der Waals surface area contributed by atoms with Gasteiger partial charge in [0, 0.05) is 23.1 Å². The van der Waals surface area contributed by atoms with E-state index in [-0.39, 0.29) is 10.9 Å². The standard InChI is InChI=1S/C12H17BrN2O4S/c1-8(14)2-3-15-20(16,17)12-7-11-10(6-9(12)13)18-4-5-19-11/h6-8,15H,2-5,14H2,1H3. The second-order valence-corrected chi connectivity index (χ2v) is 7.18. The van der Waals surface area contributed by atoms with Gasteiger partial charge in [0.25, 0.3) is 0 Å². The van der Waals surface area contributed by atoms with E-state index in [2.05, 4.69) is 20.7 Å². The molecular weight excluding hydrogens is 348 g/mol. The van der Waals surface area contributed by atoms with Gasteiger partial charge in [-0.25, -0.2) is 13.1 Å². The maximum Gasteiger partial charge on any atom is 0.241 e. The topological polar surface area (TPSA) is 90.7 Å². The molecule has 8 heteroatoms. The molecule has 0 aliphatic carbocycles. The van der Waals surface area contributed by atoms with Crippen LogP contribution in [0.15, 0.2) is 21.5 Å². The van der Waals surface area contributed by atoms with Crippen molar-refractivity contribution >= 4 is 26.0 Å². The molecule has 20 heavy (non-hydrogen) atoms. The van der Waals surface area contributed by atoms with Crippen LogP contribution in [0.3, 0.4) is 0 Å². The molecule has 0 saturated carbocycles. The van der Waals surface area contributed by atoms with Crippen LogP contribution in [0.5, 0.6) is 11.5 Å². The highest BCUT2D eigenvalue weighted by Gasteiger charge is 2.22. The van der Waals surface area contributed by atoms with Gasteiger partial charge in [-0.2, -0.15) is 0 Å². The monoisotopic (exact) mass is 364 g/mol. The molecule has 1 aliphatic rings. The fourth-order valence-electron chi connectivity index (χ4n) is 1.75. The smallest absolute Gasteiger partial charge is 0.241 e. The summed E-state index contributed by atoms with van der Waals surface area (Å²) in [6.07, 6.45) is 0.571. The van der Waals surface area contributed by atoms with Crippen LogP contribution in [0.2, 0.25) is 0 Å². The predicted molar refractivity (Wildman–Crippen MR) is 78.6 cm³/mol. The number of benzene rings is 1. The number of rotatable bonds is 5. The van der Waals surface area contributed by atoms with Crippen LogP contribution in [-0.4, -0.2) is 34.2 Å². The number of sulfonamides is 1. The molecule has 1 aromatic rings. The summed E-state index contributed by atoms with van der Waals surface area (Å²) in [5.74, 6) is 0.977. The first-order valence-electron chi connectivity index (χ1n) is 6.24. The molecule has 3 N–H and O–H groups in total. The molecule has 0 radical (unpaired) electrons. The van der Waals surface area contributed by atoms with Gasteiger partial charge in [-0.3, -0.25) is 0 Å². The summed E-state index contributed by atoms with van der Waals surface area (Å²) < 4.78 is 38.2. The van der Waals surface area contributed by atoms with E-state index in [1.807, 2.05) is 6.92 Å². The van der Waals surface area contributed by atoms with E-state index in [0.29, 0.717) is 42.2 Å². The molecular formula is C12H17BrN2O4S. The lowest BCUT2D eigenvalue weighted by Crippen LogP contribution is -2.29. The van der Waals surface area contributed by atoms with E-state index in [1.54, 1.807) is 6.07 Å². The van der Waals surface area contributed by atoms with Crippen molar-refractivity contribution in [2.45, 2.75) is 24.3 Å². The lowest BCUT2D eigenvalue weighted by atomic mass is 10.3. The molecule has 1 heterocycles. The highest BCUT2D eigenvalue weighted by molar-refractivity contribution is 9.10. The van der Waals surface area contributed by atoms with Crippen LogP contribution in [0.1, 0.15) is 13.3 Å². The third-order valence-electron chi connectivity index (χ3n) is 2.78. The zero-order valence-electron chi connectivity index (χ0n) is 11.1. The Morgan fingerprint density at radius 1 is 1.35 bits per heavy atom. The minimum Gasteiger partial charge on any atom is -0.486 e. The first-order chi connectivity index (χ1) is 9.40. The molecule has 0 aromatic heterocycles. The number of nitrogens with one attached hydrogen (secondary N) is 1. The van der Waals surface area contributed by atoms with Gasteiger partial charge in [-0.1, -0.05) is 0 Å². The van der Waals surface area contributed by atoms with Crippen LogP contribution >= 0.6 is 15.9 Å². The predicted octanol–water partition coefficient (Wildman–Crippen LogP) is 1.24. The number of ether oxygens (including phenoxy) is 2. The molecule has 0 amide bonds. The molecule has 1 atom stereocenters. The summed E-state index contributed by atoms with van der Waals surface area (Å²) in [5.41, 5.74) is 5.60. The van der Waals surface area contributed by atoms with Crippen LogP contribution in [-0.2, 0) is 10.0 Å². The summed E-state index contributed by atoms with van der Waals surface area (Å²) in [5, 5.41) is 0. The number of nitrogens with two attached hydrogens (primary N) is 1. The number of hydrogen-bond acceptors (Lipinski definition) is 5. The number of hydrogen-bond donors (Lipinski definition) is 2. The fourth-order valence-corrected chi connectivity index (χ4v) is 3.83. The molecule has 0 fully saturated rings. The maximum absolute atomic E-state index is 12.2. The Hall–Kier alpha value is -0.830. The van der Waals surface area contributed by atoms with Gasteiger partial charge in [0.05, 0.1) is 0 Å². The van der Waals surface area contributed by atoms with Gasteiger partial charge in [0.2, 0.25) is 10.0 Å². The lowest BCUT2D eigenvalue weighted by molar-refractivity contribution is 0.171. The molecule has 6 nitrogen and oxygen atoms in total. The molecule has 1 aliphatic heterocycles. The van der Waals surface area contributed by atoms with Crippen molar-refractivity contribution in [3.05, 3.63) is 16.6 Å². The Labute approximate surface area is 126 Å². The fraction of sp³-hybridized carbons (Fsp3) is 0.500. The van der Waals surface area contributed by atoms with Gasteiger partial charge >= 0.3 is 0 Å². The Morgan fingerprint density at radius 3 is 2.55 bits per heavy atom. The Kier molecular flexibility index (Phi) is 4.90. The Bertz CT molecular complexity index is 589. The van der Waals surface area contributed by atoms with Gasteiger partial charge < -0.3 is 15.2 Å². The zero-order valence-corrected chi connectivity index (χ0v) is 13.5. The van der Waals surface area contributed by atoms with E-state index < -0.39 is 10.0 Å². The van der Waals surface area contributed by atoms with Crippen LogP contribution in [0.4, 0.5) is 0 Å². The minimum atomic E-state index is -3.61. The molecule has 1 unspecified atom stereocenters. The number of halogens is 1. The third-order valence-corrected chi connectivity index (χ3v) is 5.20. The maximum atomic E-state index is 12.2. The van der Waals surface area contributed by atoms with Crippen molar-refractivity contribution in [1.29, 1.82) is 0 Å². The normalized spacial score (nSPS) is 15.9. The van der Waals surface area contributed by atoms with Crippen molar-refractivity contribution < 1.29 is 17.9 Å². The van der Waals surface area contributed by atoms with E-state index >= 15 is 0 Å². The first kappa shape index (κ1) is 15.6. The summed E-state index contributed by atoms with van der Waals surface area (Å²) >= 11 is 3.25. The van der Waals surface area contributed by atoms with Crippen molar-refractivity contribution in [3.63, 3.8) is 0 Å². The summed E-state index contributed by atoms with van der Waals surface area (Å²) in [7, 11) is -3.61. The molecule has 2 rings (SSSR count). The SMILES string of the molecule is CC(N)CCNS(=O)(=O)c1cc2c(cc1Br)OCCO2. The average Bonchev–Trinajstić information content (AvgIpc) is 2.37. The van der Waals surface area contributed by atoms with Crippen LogP contribution in [0, 0.1) is 0 Å². The van der Waals surface area contributed by atoms with Crippen LogP contribution < -0.4 is 19.9 Å². The molecule has 112 valence electrons. The molecule has 0 bridgehead atoms. The quantitative estimate of drug-likeness (QED) is 0.819. The Balaban J connectivity index is 2.22. The van der Waals surface area contributed by atoms with E-state index in [0.717, 1.165) is 0 Å². The van der Waals surface area contributed by atoms with Gasteiger partial charge in [-0.05, 0) is 35.3 Å². The minimum absolute atomic E-state index is 0.0543. The Morgan fingerprint density at radius 2 is 1.95 bits per heavy atom. The second-order valence-electron chi connectivity index (χ2n) is 4.59. The summed E-state index contributed by atoms with van der Waals surface area (Å²) in [6.45, 7) is 2.99. The van der Waals surface area contributed by atoms with Gasteiger partial charge in [0.1, 0.15) is 18.1 Å². The molecule has 0 saturated heterocycles. The first-order valence-corrected chi connectivity index (χ1v) is 8.52. The van der Waals surface area contributed by atoms with Gasteiger partial charge in [-0.15, -0.1) is 0 Å². The highest BCUT2D eigenvalue weighted by atomic mass is 79.9.